The largest absolute Gasteiger partial charge is 0.506 e. The highest BCUT2D eigenvalue weighted by atomic mass is 16.3. The quantitative estimate of drug-likeness (QED) is 0.199. The molecule has 1 aromatic carbocycles. The topological polar surface area (TPSA) is 106 Å². The van der Waals surface area contributed by atoms with Gasteiger partial charge in [0.15, 0.2) is 0 Å². The minimum absolute atomic E-state index is 0.134. The van der Waals surface area contributed by atoms with E-state index < -0.39 is 28.7 Å². The number of nitrogens with zero attached hydrogens (tertiary/aromatic N) is 2. The molecule has 2 amide bonds. The minimum Gasteiger partial charge on any atom is -0.506 e. The van der Waals surface area contributed by atoms with Crippen LogP contribution in [-0.4, -0.2) is 26.5 Å². The van der Waals surface area contributed by atoms with E-state index in [1.54, 1.807) is 31.2 Å². The van der Waals surface area contributed by atoms with Crippen molar-refractivity contribution < 1.29 is 14.7 Å². The van der Waals surface area contributed by atoms with Crippen molar-refractivity contribution in [1.82, 2.24) is 9.58 Å². The molecule has 3 N–H and O–H groups in total. The Labute approximate surface area is 190 Å². The molecule has 0 spiro atoms. The van der Waals surface area contributed by atoms with Crippen LogP contribution in [-0.2, 0) is 11.3 Å². The van der Waals surface area contributed by atoms with E-state index >= 15 is 0 Å². The number of amides is 2. The number of para-hydroxylation sites is 1. The van der Waals surface area contributed by atoms with E-state index in [-0.39, 0.29) is 6.42 Å². The van der Waals surface area contributed by atoms with Crippen molar-refractivity contribution in [2.45, 2.75) is 91.0 Å². The first-order chi connectivity index (χ1) is 15.4. The van der Waals surface area contributed by atoms with Crippen LogP contribution in [0.3, 0.4) is 0 Å². The minimum atomic E-state index is -0.975. The van der Waals surface area contributed by atoms with Crippen molar-refractivity contribution in [3.63, 3.8) is 0 Å². The lowest BCUT2D eigenvalue weighted by Gasteiger charge is -2.17. The summed E-state index contributed by atoms with van der Waals surface area (Å²) in [4.78, 5) is 38.1. The molecular formula is C25H37N3O4. The lowest BCUT2D eigenvalue weighted by molar-refractivity contribution is -0.129. The van der Waals surface area contributed by atoms with E-state index in [0.717, 1.165) is 19.3 Å². The van der Waals surface area contributed by atoms with Gasteiger partial charge in [0.2, 0.25) is 5.91 Å². The first kappa shape index (κ1) is 25.6. The summed E-state index contributed by atoms with van der Waals surface area (Å²) in [6.07, 6.45) is 11.5. The summed E-state index contributed by atoms with van der Waals surface area (Å²) in [6.45, 7) is 4.30. The average Bonchev–Trinajstić information content (AvgIpc) is 2.80. The summed E-state index contributed by atoms with van der Waals surface area (Å²) in [7, 11) is 0. The summed E-state index contributed by atoms with van der Waals surface area (Å²) in [5, 5.41) is 11.4. The highest BCUT2D eigenvalue weighted by molar-refractivity contribution is 6.08. The summed E-state index contributed by atoms with van der Waals surface area (Å²) in [5.41, 5.74) is -0.602. The van der Waals surface area contributed by atoms with Crippen LogP contribution in [0.2, 0.25) is 0 Å². The number of carbonyl (C=O) groups is 2. The van der Waals surface area contributed by atoms with Crippen LogP contribution in [0.1, 0.15) is 94.8 Å². The number of aromatic hydroxyl groups is 1. The molecule has 7 heteroatoms. The number of carbonyl (C=O) groups excluding carboxylic acids is 2. The Bertz CT molecular complexity index is 968. The van der Waals surface area contributed by atoms with Crippen LogP contribution in [0.4, 0.5) is 0 Å². The number of unbranched alkanes of at least 4 members (excludes halogenated alkanes) is 9. The first-order valence-electron chi connectivity index (χ1n) is 11.9. The number of rotatable bonds is 13. The van der Waals surface area contributed by atoms with Crippen LogP contribution >= 0.6 is 0 Å². The molecule has 0 saturated carbocycles. The summed E-state index contributed by atoms with van der Waals surface area (Å²) < 4.78 is 1.39. The van der Waals surface area contributed by atoms with Crippen LogP contribution in [0, 0.1) is 0 Å². The molecule has 1 heterocycles. The third kappa shape index (κ3) is 6.42. The zero-order valence-electron chi connectivity index (χ0n) is 19.4. The van der Waals surface area contributed by atoms with Gasteiger partial charge < -0.3 is 9.67 Å². The van der Waals surface area contributed by atoms with Crippen molar-refractivity contribution in [2.75, 3.05) is 0 Å². The number of hydrazine groups is 1. The van der Waals surface area contributed by atoms with Crippen molar-refractivity contribution in [3.8, 4) is 5.75 Å². The molecule has 0 atom stereocenters. The Hall–Kier alpha value is -2.67. The number of nitrogens with two attached hydrogens (primary N) is 1. The van der Waals surface area contributed by atoms with Gasteiger partial charge in [0, 0.05) is 18.4 Å². The van der Waals surface area contributed by atoms with Crippen molar-refractivity contribution in [3.05, 3.63) is 40.2 Å². The van der Waals surface area contributed by atoms with Crippen molar-refractivity contribution in [1.29, 1.82) is 0 Å². The number of fused-ring (bicyclic) bond motifs is 1. The molecule has 1 aromatic heterocycles. The number of aryl methyl sites for hydroxylation is 1. The standard InChI is InChI=1S/C25H37N3O4/c1-3-5-6-7-8-9-10-11-12-13-18-21(29)28(26)25(32)22-23(30)19-16-14-15-17-20(19)27(4-2)24(22)31/h14-17,30H,3-13,18,26H2,1-2H3. The molecular weight excluding hydrogens is 406 g/mol. The molecule has 0 saturated heterocycles. The van der Waals surface area contributed by atoms with Gasteiger partial charge in [0.05, 0.1) is 5.52 Å². The molecule has 0 unspecified atom stereocenters. The first-order valence-corrected chi connectivity index (χ1v) is 11.9. The van der Waals surface area contributed by atoms with Crippen LogP contribution < -0.4 is 11.4 Å². The molecule has 32 heavy (non-hydrogen) atoms. The van der Waals surface area contributed by atoms with Crippen LogP contribution in [0.15, 0.2) is 29.1 Å². The molecule has 176 valence electrons. The SMILES string of the molecule is CCCCCCCCCCCCC(=O)N(N)C(=O)c1c(O)c2ccccc2n(CC)c1=O. The Morgan fingerprint density at radius 3 is 2.09 bits per heavy atom. The summed E-state index contributed by atoms with van der Waals surface area (Å²) in [5.74, 6) is 3.79. The fourth-order valence-electron chi connectivity index (χ4n) is 4.01. The van der Waals surface area contributed by atoms with Gasteiger partial charge in [-0.25, -0.2) is 10.9 Å². The van der Waals surface area contributed by atoms with Gasteiger partial charge in [-0.05, 0) is 25.5 Å². The molecule has 0 bridgehead atoms. The normalized spacial score (nSPS) is 11.1. The number of hydrogen-bond acceptors (Lipinski definition) is 5. The van der Waals surface area contributed by atoms with Gasteiger partial charge in [-0.3, -0.25) is 14.4 Å². The Morgan fingerprint density at radius 2 is 1.50 bits per heavy atom. The summed E-state index contributed by atoms with van der Waals surface area (Å²) >= 11 is 0. The Morgan fingerprint density at radius 1 is 0.938 bits per heavy atom. The number of hydrogen-bond donors (Lipinski definition) is 2. The van der Waals surface area contributed by atoms with E-state index in [2.05, 4.69) is 6.92 Å². The predicted octanol–water partition coefficient (Wildman–Crippen LogP) is 4.88. The highest BCUT2D eigenvalue weighted by Gasteiger charge is 2.27. The lowest BCUT2D eigenvalue weighted by Crippen LogP contribution is -2.45. The zero-order valence-corrected chi connectivity index (χ0v) is 19.4. The van der Waals surface area contributed by atoms with Crippen molar-refractivity contribution >= 4 is 22.7 Å². The molecule has 2 aromatic rings. The third-order valence-corrected chi connectivity index (χ3v) is 5.91. The molecule has 0 radical (unpaired) electrons. The zero-order chi connectivity index (χ0) is 23.5. The molecule has 0 aliphatic heterocycles. The van der Waals surface area contributed by atoms with Gasteiger partial charge in [-0.1, -0.05) is 76.8 Å². The maximum Gasteiger partial charge on any atom is 0.284 e. The lowest BCUT2D eigenvalue weighted by atomic mass is 10.1. The second-order valence-corrected chi connectivity index (χ2v) is 8.29. The molecule has 0 fully saturated rings. The number of pyridine rings is 1. The fraction of sp³-hybridized carbons (Fsp3) is 0.560. The smallest absolute Gasteiger partial charge is 0.284 e. The van der Waals surface area contributed by atoms with Crippen LogP contribution in [0.5, 0.6) is 5.75 Å². The van der Waals surface area contributed by atoms with E-state index in [0.29, 0.717) is 28.9 Å². The van der Waals surface area contributed by atoms with E-state index in [1.165, 1.54) is 43.1 Å². The van der Waals surface area contributed by atoms with Crippen molar-refractivity contribution in [2.24, 2.45) is 5.84 Å². The van der Waals surface area contributed by atoms with Gasteiger partial charge in [0.1, 0.15) is 11.3 Å². The maximum atomic E-state index is 12.8. The average molecular weight is 444 g/mol. The number of benzene rings is 1. The summed E-state index contributed by atoms with van der Waals surface area (Å²) in [6, 6.07) is 6.78. The third-order valence-electron chi connectivity index (χ3n) is 5.91. The predicted molar refractivity (Wildman–Crippen MR) is 127 cm³/mol. The van der Waals surface area contributed by atoms with E-state index in [1.807, 2.05) is 0 Å². The van der Waals surface area contributed by atoms with E-state index in [4.69, 9.17) is 5.84 Å². The van der Waals surface area contributed by atoms with Gasteiger partial charge >= 0.3 is 0 Å². The maximum absolute atomic E-state index is 12.8. The molecule has 7 nitrogen and oxygen atoms in total. The van der Waals surface area contributed by atoms with Gasteiger partial charge in [-0.15, -0.1) is 0 Å². The molecule has 0 aliphatic carbocycles. The Balaban J connectivity index is 1.92. The number of imide groups is 1. The van der Waals surface area contributed by atoms with Gasteiger partial charge in [0.25, 0.3) is 11.5 Å². The second kappa shape index (κ2) is 13.0. The Kier molecular flexibility index (Phi) is 10.4. The molecule has 2 rings (SSSR count). The number of aromatic nitrogens is 1. The molecule has 0 aliphatic rings. The fourth-order valence-corrected chi connectivity index (χ4v) is 4.01. The highest BCUT2D eigenvalue weighted by Crippen LogP contribution is 2.27. The van der Waals surface area contributed by atoms with Gasteiger partial charge in [-0.2, -0.15) is 0 Å². The van der Waals surface area contributed by atoms with E-state index in [9.17, 15) is 19.5 Å². The second-order valence-electron chi connectivity index (χ2n) is 8.29. The monoisotopic (exact) mass is 443 g/mol. The van der Waals surface area contributed by atoms with Crippen LogP contribution in [0.25, 0.3) is 10.9 Å².